The molecule has 0 aromatic carbocycles. The highest BCUT2D eigenvalue weighted by Gasteiger charge is 2.30. The van der Waals surface area contributed by atoms with E-state index in [-0.39, 0.29) is 30.3 Å². The van der Waals surface area contributed by atoms with E-state index >= 15 is 0 Å². The van der Waals surface area contributed by atoms with Gasteiger partial charge in [-0.1, -0.05) is 0 Å². The number of amides is 4. The molecule has 3 aliphatic heterocycles. The zero-order chi connectivity index (χ0) is 21.3. The highest BCUT2D eigenvalue weighted by Crippen LogP contribution is 2.14. The minimum Gasteiger partial charge on any atom is -0.344 e. The molecule has 3 fully saturated rings. The van der Waals surface area contributed by atoms with Gasteiger partial charge in [-0.15, -0.1) is 0 Å². The number of rotatable bonds is 6. The quantitative estimate of drug-likeness (QED) is 0.220. The first-order valence-corrected chi connectivity index (χ1v) is 10.6. The predicted octanol–water partition coefficient (Wildman–Crippen LogP) is -0.969. The van der Waals surface area contributed by atoms with E-state index in [1.165, 1.54) is 0 Å². The van der Waals surface area contributed by atoms with Gasteiger partial charge in [-0.2, -0.15) is 5.26 Å². The van der Waals surface area contributed by atoms with Crippen LogP contribution in [-0.2, 0) is 9.59 Å². The van der Waals surface area contributed by atoms with Gasteiger partial charge in [0.25, 0.3) is 0 Å². The molecule has 3 N–H and O–H groups in total. The molecule has 3 heterocycles. The average molecular weight is 419 g/mol. The fraction of sp³-hybridized carbons (Fsp3) is 0.737. The summed E-state index contributed by atoms with van der Waals surface area (Å²) in [7, 11) is 0. The van der Waals surface area contributed by atoms with Crippen LogP contribution >= 0.6 is 0 Å². The van der Waals surface area contributed by atoms with Crippen LogP contribution < -0.4 is 16.0 Å². The Labute approximate surface area is 176 Å². The third-order valence-corrected chi connectivity index (χ3v) is 5.64. The number of likely N-dealkylation sites (tertiary alicyclic amines) is 2. The van der Waals surface area contributed by atoms with E-state index in [4.69, 9.17) is 5.26 Å². The molecule has 0 aliphatic carbocycles. The van der Waals surface area contributed by atoms with Crippen molar-refractivity contribution in [2.75, 3.05) is 52.4 Å². The number of aliphatic imine (C=N–C) groups is 1. The number of carbonyl (C=O) groups is 3. The first-order chi connectivity index (χ1) is 14.6. The molecular formula is C19H30N8O3. The Kier molecular flexibility index (Phi) is 7.70. The highest BCUT2D eigenvalue weighted by atomic mass is 16.2. The van der Waals surface area contributed by atoms with Crippen LogP contribution in [0.3, 0.4) is 0 Å². The van der Waals surface area contributed by atoms with Crippen LogP contribution in [0.15, 0.2) is 4.99 Å². The lowest BCUT2D eigenvalue weighted by atomic mass is 10.1. The van der Waals surface area contributed by atoms with Crippen molar-refractivity contribution in [1.29, 1.82) is 5.26 Å². The molecule has 0 radical (unpaired) electrons. The molecule has 0 aromatic heterocycles. The zero-order valence-corrected chi connectivity index (χ0v) is 17.2. The lowest BCUT2D eigenvalue weighted by Crippen LogP contribution is -2.52. The topological polar surface area (TPSA) is 133 Å². The maximum atomic E-state index is 13.0. The number of hydrogen-bond donors (Lipinski definition) is 3. The van der Waals surface area contributed by atoms with Crippen molar-refractivity contribution in [3.05, 3.63) is 0 Å². The molecule has 3 saturated heterocycles. The van der Waals surface area contributed by atoms with E-state index in [1.54, 1.807) is 9.80 Å². The minimum absolute atomic E-state index is 0.00516. The third kappa shape index (κ3) is 5.75. The van der Waals surface area contributed by atoms with Crippen LogP contribution in [-0.4, -0.2) is 96.9 Å². The molecule has 11 heteroatoms. The van der Waals surface area contributed by atoms with Crippen molar-refractivity contribution >= 4 is 23.8 Å². The average Bonchev–Trinajstić information content (AvgIpc) is 3.37. The fourth-order valence-electron chi connectivity index (χ4n) is 3.97. The van der Waals surface area contributed by atoms with E-state index in [0.29, 0.717) is 39.1 Å². The number of hydrogen-bond acceptors (Lipinski definition) is 5. The van der Waals surface area contributed by atoms with Crippen molar-refractivity contribution in [3.63, 3.8) is 0 Å². The summed E-state index contributed by atoms with van der Waals surface area (Å²) in [5.74, 6) is 0.0593. The summed E-state index contributed by atoms with van der Waals surface area (Å²) >= 11 is 0. The summed E-state index contributed by atoms with van der Waals surface area (Å²) in [6.45, 7) is 4.16. The van der Waals surface area contributed by atoms with E-state index in [2.05, 4.69) is 20.9 Å². The van der Waals surface area contributed by atoms with Crippen molar-refractivity contribution in [1.82, 2.24) is 30.7 Å². The first-order valence-electron chi connectivity index (χ1n) is 10.6. The van der Waals surface area contributed by atoms with Crippen LogP contribution in [0.4, 0.5) is 4.79 Å². The number of urea groups is 1. The molecule has 3 rings (SSSR count). The smallest absolute Gasteiger partial charge is 0.317 e. The van der Waals surface area contributed by atoms with Crippen LogP contribution in [0, 0.1) is 11.5 Å². The van der Waals surface area contributed by atoms with Gasteiger partial charge >= 0.3 is 6.03 Å². The van der Waals surface area contributed by atoms with Gasteiger partial charge < -0.3 is 25.3 Å². The summed E-state index contributed by atoms with van der Waals surface area (Å²) in [5.41, 5.74) is 0. The lowest BCUT2D eigenvalue weighted by molar-refractivity contribution is -0.140. The Morgan fingerprint density at radius 1 is 1.13 bits per heavy atom. The third-order valence-electron chi connectivity index (χ3n) is 5.64. The maximum Gasteiger partial charge on any atom is 0.317 e. The van der Waals surface area contributed by atoms with Gasteiger partial charge in [0, 0.05) is 39.3 Å². The Bertz CT molecular complexity index is 713. The first kappa shape index (κ1) is 21.7. The number of nitrogens with zero attached hydrogens (tertiary/aromatic N) is 5. The Morgan fingerprint density at radius 2 is 1.90 bits per heavy atom. The van der Waals surface area contributed by atoms with E-state index in [0.717, 1.165) is 38.8 Å². The summed E-state index contributed by atoms with van der Waals surface area (Å²) in [4.78, 5) is 46.5. The Morgan fingerprint density at radius 3 is 2.60 bits per heavy atom. The Balaban J connectivity index is 1.57. The van der Waals surface area contributed by atoms with E-state index in [1.807, 2.05) is 11.1 Å². The molecule has 0 saturated carbocycles. The van der Waals surface area contributed by atoms with Crippen molar-refractivity contribution in [3.8, 4) is 6.19 Å². The van der Waals surface area contributed by atoms with E-state index < -0.39 is 6.04 Å². The van der Waals surface area contributed by atoms with Gasteiger partial charge in [-0.3, -0.25) is 19.9 Å². The van der Waals surface area contributed by atoms with Crippen molar-refractivity contribution < 1.29 is 14.4 Å². The second kappa shape index (κ2) is 10.7. The molecule has 1 atom stereocenters. The van der Waals surface area contributed by atoms with Crippen molar-refractivity contribution in [2.45, 2.75) is 38.1 Å². The zero-order valence-electron chi connectivity index (χ0n) is 17.2. The molecule has 164 valence electrons. The number of carbonyl (C=O) groups excluding carboxylic acids is 3. The van der Waals surface area contributed by atoms with Gasteiger partial charge in [0.05, 0.1) is 13.1 Å². The van der Waals surface area contributed by atoms with Gasteiger partial charge in [-0.05, 0) is 32.1 Å². The standard InChI is InChI=1S/C19H30N8O3/c20-14-23-18(21-6-11-26-12-7-22-19(26)30)24-15-5-1-2-10-27(17(15)29)13-16(28)25-8-3-4-9-25/h15H,1-13H2,(H,22,30)(H2,21,23,24)/t15-/m0/s1. The minimum atomic E-state index is -0.548. The fourth-order valence-corrected chi connectivity index (χ4v) is 3.97. The molecular weight excluding hydrogens is 388 g/mol. The molecule has 0 unspecified atom stereocenters. The number of guanidine groups is 1. The van der Waals surface area contributed by atoms with Crippen LogP contribution in [0.5, 0.6) is 0 Å². The number of nitriles is 1. The predicted molar refractivity (Wildman–Crippen MR) is 109 cm³/mol. The highest BCUT2D eigenvalue weighted by molar-refractivity contribution is 5.92. The van der Waals surface area contributed by atoms with Gasteiger partial charge in [0.1, 0.15) is 6.04 Å². The Hall–Kier alpha value is -3.03. The van der Waals surface area contributed by atoms with Crippen molar-refractivity contribution in [2.24, 2.45) is 4.99 Å². The molecule has 0 aromatic rings. The lowest BCUT2D eigenvalue weighted by Gasteiger charge is -2.27. The molecule has 4 amide bonds. The summed E-state index contributed by atoms with van der Waals surface area (Å²) < 4.78 is 0. The van der Waals surface area contributed by atoms with Gasteiger partial charge in [0.15, 0.2) is 6.19 Å². The maximum absolute atomic E-state index is 13.0. The molecule has 30 heavy (non-hydrogen) atoms. The molecule has 3 aliphatic rings. The molecule has 11 nitrogen and oxygen atoms in total. The normalized spacial score (nSPS) is 22.6. The van der Waals surface area contributed by atoms with E-state index in [9.17, 15) is 14.4 Å². The monoisotopic (exact) mass is 418 g/mol. The SMILES string of the molecule is N#CNC(=NCCN1CCNC1=O)N[C@H]1CCCCN(CC(=O)N2CCCC2)C1=O. The van der Waals surface area contributed by atoms with Crippen LogP contribution in [0.25, 0.3) is 0 Å². The second-order valence-electron chi connectivity index (χ2n) is 7.73. The second-order valence-corrected chi connectivity index (χ2v) is 7.73. The van der Waals surface area contributed by atoms with Gasteiger partial charge in [-0.25, -0.2) is 4.79 Å². The van der Waals surface area contributed by atoms with Gasteiger partial charge in [0.2, 0.25) is 17.8 Å². The summed E-state index contributed by atoms with van der Waals surface area (Å²) in [6.07, 6.45) is 6.14. The molecule has 0 spiro atoms. The number of nitrogens with one attached hydrogen (secondary N) is 3. The molecule has 0 bridgehead atoms. The van der Waals surface area contributed by atoms with Crippen LogP contribution in [0.2, 0.25) is 0 Å². The largest absolute Gasteiger partial charge is 0.344 e. The summed E-state index contributed by atoms with van der Waals surface area (Å²) in [5, 5.41) is 17.3. The van der Waals surface area contributed by atoms with Crippen LogP contribution in [0.1, 0.15) is 32.1 Å². The summed E-state index contributed by atoms with van der Waals surface area (Å²) in [6, 6.07) is -0.668.